The lowest BCUT2D eigenvalue weighted by Crippen LogP contribution is -2.38. The highest BCUT2D eigenvalue weighted by atomic mass is 19.4. The molecule has 1 saturated carbocycles. The van der Waals surface area contributed by atoms with Crippen molar-refractivity contribution >= 4 is 11.8 Å². The first kappa shape index (κ1) is 18.7. The highest BCUT2D eigenvalue weighted by Crippen LogP contribution is 2.39. The minimum Gasteiger partial charge on any atom is -0.352 e. The molecule has 1 aliphatic carbocycles. The summed E-state index contributed by atoms with van der Waals surface area (Å²) >= 11 is 0. The lowest BCUT2D eigenvalue weighted by Gasteiger charge is -2.32. The predicted molar refractivity (Wildman–Crippen MR) is 87.8 cm³/mol. The number of amides is 2. The van der Waals surface area contributed by atoms with E-state index in [0.717, 1.165) is 31.7 Å². The Morgan fingerprint density at radius 2 is 2.00 bits per heavy atom. The first-order chi connectivity index (χ1) is 12.3. The van der Waals surface area contributed by atoms with Gasteiger partial charge in [0.25, 0.3) is 0 Å². The molecular weight excluding hydrogens is 347 g/mol. The Labute approximate surface area is 150 Å². The van der Waals surface area contributed by atoms with Crippen LogP contribution in [0.2, 0.25) is 0 Å². The van der Waals surface area contributed by atoms with Crippen LogP contribution in [-0.2, 0) is 22.3 Å². The van der Waals surface area contributed by atoms with Crippen LogP contribution in [0.4, 0.5) is 13.2 Å². The first-order valence-corrected chi connectivity index (χ1v) is 8.88. The second kappa shape index (κ2) is 7.25. The van der Waals surface area contributed by atoms with Crippen molar-refractivity contribution in [2.75, 3.05) is 6.54 Å². The zero-order valence-corrected chi connectivity index (χ0v) is 14.6. The van der Waals surface area contributed by atoms with Gasteiger partial charge < -0.3 is 10.2 Å². The molecule has 2 aliphatic rings. The molecule has 142 valence electrons. The highest BCUT2D eigenvalue weighted by Gasteiger charge is 2.39. The van der Waals surface area contributed by atoms with E-state index in [-0.39, 0.29) is 29.6 Å². The van der Waals surface area contributed by atoms with Crippen molar-refractivity contribution in [2.45, 2.75) is 57.8 Å². The van der Waals surface area contributed by atoms with Gasteiger partial charge in [-0.3, -0.25) is 14.6 Å². The van der Waals surface area contributed by atoms with E-state index in [9.17, 15) is 22.8 Å². The van der Waals surface area contributed by atoms with Gasteiger partial charge in [0.15, 0.2) is 0 Å². The van der Waals surface area contributed by atoms with Crippen molar-refractivity contribution in [1.82, 2.24) is 15.2 Å². The van der Waals surface area contributed by atoms with Crippen molar-refractivity contribution in [1.29, 1.82) is 0 Å². The molecule has 1 aromatic rings. The monoisotopic (exact) mass is 369 g/mol. The van der Waals surface area contributed by atoms with Crippen molar-refractivity contribution in [3.63, 3.8) is 0 Å². The Morgan fingerprint density at radius 1 is 1.27 bits per heavy atom. The maximum absolute atomic E-state index is 13.5. The smallest absolute Gasteiger partial charge is 0.352 e. The summed E-state index contributed by atoms with van der Waals surface area (Å²) in [5.41, 5.74) is -0.611. The number of nitrogens with zero attached hydrogens (tertiary/aromatic N) is 2. The molecule has 1 N–H and O–H groups in total. The molecule has 1 atom stereocenters. The zero-order chi connectivity index (χ0) is 18.9. The van der Waals surface area contributed by atoms with Crippen molar-refractivity contribution in [2.24, 2.45) is 5.92 Å². The Morgan fingerprint density at radius 3 is 2.58 bits per heavy atom. The summed E-state index contributed by atoms with van der Waals surface area (Å²) in [6.45, 7) is 1.58. The van der Waals surface area contributed by atoms with Gasteiger partial charge in [-0.2, -0.15) is 13.2 Å². The molecule has 8 heteroatoms. The number of rotatable bonds is 4. The number of likely N-dealkylation sites (tertiary alicyclic amines) is 1. The minimum absolute atomic E-state index is 0.0109. The Hall–Kier alpha value is -2.12. The van der Waals surface area contributed by atoms with E-state index in [1.54, 1.807) is 4.90 Å². The molecule has 1 saturated heterocycles. The predicted octanol–water partition coefficient (Wildman–Crippen LogP) is 3.20. The Bertz CT molecular complexity index is 701. The summed E-state index contributed by atoms with van der Waals surface area (Å²) in [4.78, 5) is 29.5. The van der Waals surface area contributed by atoms with Gasteiger partial charge >= 0.3 is 6.18 Å². The number of halogens is 3. The molecule has 3 rings (SSSR count). The van der Waals surface area contributed by atoms with Crippen molar-refractivity contribution in [3.8, 4) is 0 Å². The molecule has 5 nitrogen and oxygen atoms in total. The molecule has 0 radical (unpaired) electrons. The summed E-state index contributed by atoms with van der Waals surface area (Å²) in [5, 5.41) is 2.38. The van der Waals surface area contributed by atoms with Gasteiger partial charge in [-0.05, 0) is 31.7 Å². The van der Waals surface area contributed by atoms with Gasteiger partial charge in [-0.1, -0.05) is 6.42 Å². The van der Waals surface area contributed by atoms with Crippen LogP contribution in [0.15, 0.2) is 12.3 Å². The lowest BCUT2D eigenvalue weighted by molar-refractivity contribution is -0.139. The summed E-state index contributed by atoms with van der Waals surface area (Å²) in [6.07, 6.45) is 0.750. The zero-order valence-electron chi connectivity index (χ0n) is 14.6. The molecule has 1 aromatic heterocycles. The normalized spacial score (nSPS) is 20.8. The Kier molecular flexibility index (Phi) is 5.20. The largest absolute Gasteiger partial charge is 0.416 e. The second-order valence-corrected chi connectivity index (χ2v) is 6.99. The third-order valence-electron chi connectivity index (χ3n) is 5.17. The fraction of sp³-hybridized carbons (Fsp3) is 0.611. The van der Waals surface area contributed by atoms with Crippen LogP contribution in [0.1, 0.15) is 61.9 Å². The fourth-order valence-electron chi connectivity index (χ4n) is 3.53. The van der Waals surface area contributed by atoms with Crippen LogP contribution in [0.3, 0.4) is 0 Å². The van der Waals surface area contributed by atoms with E-state index in [4.69, 9.17) is 0 Å². The van der Waals surface area contributed by atoms with Gasteiger partial charge in [0.05, 0.1) is 17.3 Å². The average molecular weight is 369 g/mol. The van der Waals surface area contributed by atoms with Crippen molar-refractivity contribution in [3.05, 3.63) is 29.1 Å². The van der Waals surface area contributed by atoms with Gasteiger partial charge in [0, 0.05) is 37.7 Å². The van der Waals surface area contributed by atoms with E-state index < -0.39 is 23.7 Å². The maximum Gasteiger partial charge on any atom is 0.416 e. The van der Waals surface area contributed by atoms with Gasteiger partial charge in [-0.15, -0.1) is 0 Å². The molecule has 2 amide bonds. The van der Waals surface area contributed by atoms with Gasteiger partial charge in [0.2, 0.25) is 11.8 Å². The van der Waals surface area contributed by atoms with Crippen LogP contribution < -0.4 is 5.32 Å². The number of carbonyl (C=O) groups is 2. The molecule has 26 heavy (non-hydrogen) atoms. The van der Waals surface area contributed by atoms with E-state index >= 15 is 0 Å². The van der Waals surface area contributed by atoms with Crippen LogP contribution >= 0.6 is 0 Å². The molecule has 0 bridgehead atoms. The number of pyridine rings is 1. The lowest BCUT2D eigenvalue weighted by atomic mass is 9.84. The average Bonchev–Trinajstić information content (AvgIpc) is 2.99. The summed E-state index contributed by atoms with van der Waals surface area (Å²) in [6, 6.07) is 0.632. The third kappa shape index (κ3) is 3.83. The highest BCUT2D eigenvalue weighted by molar-refractivity contribution is 5.80. The van der Waals surface area contributed by atoms with E-state index in [0.29, 0.717) is 13.0 Å². The molecule has 1 aliphatic heterocycles. The van der Waals surface area contributed by atoms with Gasteiger partial charge in [0.1, 0.15) is 0 Å². The summed E-state index contributed by atoms with van der Waals surface area (Å²) in [7, 11) is 0. The standard InChI is InChI=1S/C18H22F3N3O2/c1-11(25)22-9-13-10-23-15(8-14(13)18(19,20)21)16-6-3-7-24(16)17(26)12-4-2-5-12/h8,10,12,16H,2-7,9H2,1H3,(H,22,25)/t16-/m1/s1. The number of alkyl halides is 3. The summed E-state index contributed by atoms with van der Waals surface area (Å²) < 4.78 is 40.4. The number of hydrogen-bond donors (Lipinski definition) is 1. The topological polar surface area (TPSA) is 62.3 Å². The van der Waals surface area contributed by atoms with Crippen LogP contribution in [0.5, 0.6) is 0 Å². The summed E-state index contributed by atoms with van der Waals surface area (Å²) in [5.74, 6) is -0.358. The molecule has 0 spiro atoms. The van der Waals surface area contributed by atoms with E-state index in [1.165, 1.54) is 13.1 Å². The molecular formula is C18H22F3N3O2. The van der Waals surface area contributed by atoms with E-state index in [2.05, 4.69) is 10.3 Å². The first-order valence-electron chi connectivity index (χ1n) is 8.88. The SMILES string of the molecule is CC(=O)NCc1cnc([C@H]2CCCN2C(=O)C2CCC2)cc1C(F)(F)F. The number of carbonyl (C=O) groups excluding carboxylic acids is 2. The minimum atomic E-state index is -4.55. The molecule has 2 heterocycles. The second-order valence-electron chi connectivity index (χ2n) is 6.99. The molecule has 0 aromatic carbocycles. The maximum atomic E-state index is 13.5. The molecule has 0 unspecified atom stereocenters. The van der Waals surface area contributed by atoms with Crippen molar-refractivity contribution < 1.29 is 22.8 Å². The van der Waals surface area contributed by atoms with Crippen LogP contribution in [0, 0.1) is 5.92 Å². The Balaban J connectivity index is 1.87. The fourth-order valence-corrected chi connectivity index (χ4v) is 3.53. The van der Waals surface area contributed by atoms with Crippen LogP contribution in [0.25, 0.3) is 0 Å². The quantitative estimate of drug-likeness (QED) is 0.887. The third-order valence-corrected chi connectivity index (χ3v) is 5.17. The number of nitrogens with one attached hydrogen (secondary N) is 1. The van der Waals surface area contributed by atoms with Crippen LogP contribution in [-0.4, -0.2) is 28.2 Å². The van der Waals surface area contributed by atoms with Gasteiger partial charge in [-0.25, -0.2) is 0 Å². The van der Waals surface area contributed by atoms with E-state index in [1.807, 2.05) is 0 Å². The number of hydrogen-bond acceptors (Lipinski definition) is 3. The number of aromatic nitrogens is 1. The molecule has 2 fully saturated rings.